The lowest BCUT2D eigenvalue weighted by Crippen LogP contribution is -2.24. The maximum absolute atomic E-state index is 12.1. The molecule has 1 aromatic carbocycles. The van der Waals surface area contributed by atoms with E-state index in [0.717, 1.165) is 11.3 Å². The molecule has 0 saturated carbocycles. The van der Waals surface area contributed by atoms with Gasteiger partial charge in [-0.25, -0.2) is 0 Å². The highest BCUT2D eigenvalue weighted by molar-refractivity contribution is 5.47. The first-order chi connectivity index (χ1) is 8.33. The van der Waals surface area contributed by atoms with Crippen LogP contribution >= 0.6 is 0 Å². The number of hydrogen-bond donors (Lipinski definition) is 1. The van der Waals surface area contributed by atoms with E-state index in [2.05, 4.69) is 5.32 Å². The van der Waals surface area contributed by atoms with Crippen molar-refractivity contribution >= 4 is 5.69 Å². The van der Waals surface area contributed by atoms with Crippen molar-refractivity contribution in [3.05, 3.63) is 29.8 Å². The lowest BCUT2D eigenvalue weighted by molar-refractivity contribution is -0.132. The van der Waals surface area contributed by atoms with Gasteiger partial charge < -0.3 is 10.2 Å². The monoisotopic (exact) mass is 260 g/mol. The second-order valence-corrected chi connectivity index (χ2v) is 4.39. The third-order valence-corrected chi connectivity index (χ3v) is 3.00. The van der Waals surface area contributed by atoms with Crippen molar-refractivity contribution in [3.8, 4) is 0 Å². The van der Waals surface area contributed by atoms with Crippen LogP contribution in [-0.2, 0) is 0 Å². The Balaban J connectivity index is 2.62. The van der Waals surface area contributed by atoms with Crippen molar-refractivity contribution in [2.75, 3.05) is 25.5 Å². The zero-order valence-corrected chi connectivity index (χ0v) is 10.9. The molecule has 0 aliphatic carbocycles. The van der Waals surface area contributed by atoms with Gasteiger partial charge in [-0.1, -0.05) is 12.1 Å². The van der Waals surface area contributed by atoms with Crippen LogP contribution in [0.15, 0.2) is 24.3 Å². The first-order valence-electron chi connectivity index (χ1n) is 5.88. The number of benzene rings is 1. The Bertz CT molecular complexity index is 359. The quantitative estimate of drug-likeness (QED) is 0.873. The first-order valence-corrected chi connectivity index (χ1v) is 5.88. The molecule has 5 heteroatoms. The number of hydrogen-bond acceptors (Lipinski definition) is 2. The molecular weight excluding hydrogens is 241 g/mol. The van der Waals surface area contributed by atoms with Gasteiger partial charge in [0.25, 0.3) is 0 Å². The van der Waals surface area contributed by atoms with Gasteiger partial charge in [0.15, 0.2) is 0 Å². The summed E-state index contributed by atoms with van der Waals surface area (Å²) in [5, 5.41) is 3.11. The predicted octanol–water partition coefficient (Wildman–Crippen LogP) is 3.36. The molecule has 0 saturated heterocycles. The van der Waals surface area contributed by atoms with E-state index in [0.29, 0.717) is 0 Å². The summed E-state index contributed by atoms with van der Waals surface area (Å²) in [5.74, 6) is 0. The molecule has 0 amide bonds. The Morgan fingerprint density at radius 2 is 1.78 bits per heavy atom. The Morgan fingerprint density at radius 3 is 2.22 bits per heavy atom. The van der Waals surface area contributed by atoms with Crippen LogP contribution < -0.4 is 10.2 Å². The highest BCUT2D eigenvalue weighted by Crippen LogP contribution is 2.22. The standard InChI is InChI=1S/C13H19F3N2/c1-10(17-2)11-4-6-12(7-5-11)18(3)9-8-13(14,15)16/h4-7,10,17H,8-9H2,1-3H3. The normalized spacial score (nSPS) is 13.4. The molecule has 2 nitrogen and oxygen atoms in total. The number of rotatable bonds is 5. The van der Waals surface area contributed by atoms with Crippen molar-refractivity contribution in [3.63, 3.8) is 0 Å². The Labute approximate surface area is 106 Å². The van der Waals surface area contributed by atoms with Crippen LogP contribution in [0.2, 0.25) is 0 Å². The summed E-state index contributed by atoms with van der Waals surface area (Å²) in [5.41, 5.74) is 1.91. The highest BCUT2D eigenvalue weighted by atomic mass is 19.4. The SMILES string of the molecule is CNC(C)c1ccc(N(C)CCC(F)(F)F)cc1. The van der Waals surface area contributed by atoms with Gasteiger partial charge in [0.1, 0.15) is 0 Å². The predicted molar refractivity (Wildman–Crippen MR) is 67.9 cm³/mol. The largest absolute Gasteiger partial charge is 0.390 e. The van der Waals surface area contributed by atoms with Crippen molar-refractivity contribution in [1.29, 1.82) is 0 Å². The second-order valence-electron chi connectivity index (χ2n) is 4.39. The Morgan fingerprint density at radius 1 is 1.22 bits per heavy atom. The van der Waals surface area contributed by atoms with Gasteiger partial charge in [-0.2, -0.15) is 13.2 Å². The Kier molecular flexibility index (Phi) is 5.02. The molecule has 0 aliphatic heterocycles. The van der Waals surface area contributed by atoms with E-state index in [1.54, 1.807) is 11.9 Å². The molecule has 0 aromatic heterocycles. The minimum absolute atomic E-state index is 0.0234. The van der Waals surface area contributed by atoms with E-state index in [-0.39, 0.29) is 12.6 Å². The molecule has 0 heterocycles. The number of anilines is 1. The van der Waals surface area contributed by atoms with E-state index in [1.165, 1.54) is 0 Å². The van der Waals surface area contributed by atoms with Crippen molar-refractivity contribution in [1.82, 2.24) is 5.32 Å². The van der Waals surface area contributed by atoms with Crippen LogP contribution in [-0.4, -0.2) is 26.8 Å². The van der Waals surface area contributed by atoms with Gasteiger partial charge in [0.2, 0.25) is 0 Å². The summed E-state index contributed by atoms with van der Waals surface area (Å²) in [6.07, 6.45) is -4.90. The van der Waals surface area contributed by atoms with Gasteiger partial charge in [0, 0.05) is 25.3 Å². The van der Waals surface area contributed by atoms with Crippen LogP contribution in [0, 0.1) is 0 Å². The molecule has 0 spiro atoms. The molecule has 1 unspecified atom stereocenters. The summed E-state index contributed by atoms with van der Waals surface area (Å²) in [7, 11) is 3.54. The van der Waals surface area contributed by atoms with Gasteiger partial charge in [0.05, 0.1) is 6.42 Å². The van der Waals surface area contributed by atoms with Crippen LogP contribution in [0.4, 0.5) is 18.9 Å². The third kappa shape index (κ3) is 4.56. The van der Waals surface area contributed by atoms with Crippen LogP contribution in [0.5, 0.6) is 0 Å². The fourth-order valence-corrected chi connectivity index (χ4v) is 1.61. The molecule has 1 atom stereocenters. The maximum Gasteiger partial charge on any atom is 0.390 e. The van der Waals surface area contributed by atoms with E-state index in [4.69, 9.17) is 0 Å². The molecule has 0 aliphatic rings. The van der Waals surface area contributed by atoms with E-state index < -0.39 is 12.6 Å². The summed E-state index contributed by atoms with van der Waals surface area (Å²) in [4.78, 5) is 1.61. The molecule has 1 rings (SSSR count). The van der Waals surface area contributed by atoms with E-state index >= 15 is 0 Å². The number of halogens is 3. The fraction of sp³-hybridized carbons (Fsp3) is 0.538. The molecule has 1 aromatic rings. The molecule has 18 heavy (non-hydrogen) atoms. The molecule has 0 fully saturated rings. The average molecular weight is 260 g/mol. The molecule has 0 radical (unpaired) electrons. The maximum atomic E-state index is 12.1. The smallest absolute Gasteiger partial charge is 0.374 e. The number of alkyl halides is 3. The topological polar surface area (TPSA) is 15.3 Å². The van der Waals surface area contributed by atoms with E-state index in [1.807, 2.05) is 38.2 Å². The minimum Gasteiger partial charge on any atom is -0.374 e. The average Bonchev–Trinajstić information content (AvgIpc) is 2.34. The number of nitrogens with one attached hydrogen (secondary N) is 1. The minimum atomic E-state index is -4.10. The Hall–Kier alpha value is -1.23. The fourth-order valence-electron chi connectivity index (χ4n) is 1.61. The molecule has 0 bridgehead atoms. The third-order valence-electron chi connectivity index (χ3n) is 3.00. The first kappa shape index (κ1) is 14.8. The highest BCUT2D eigenvalue weighted by Gasteiger charge is 2.27. The van der Waals surface area contributed by atoms with Gasteiger partial charge in [-0.05, 0) is 31.7 Å². The van der Waals surface area contributed by atoms with Crippen LogP contribution in [0.3, 0.4) is 0 Å². The zero-order chi connectivity index (χ0) is 13.8. The second kappa shape index (κ2) is 6.09. The van der Waals surface area contributed by atoms with Crippen molar-refractivity contribution in [2.45, 2.75) is 25.6 Å². The molecular formula is C13H19F3N2. The van der Waals surface area contributed by atoms with Gasteiger partial charge >= 0.3 is 6.18 Å². The summed E-state index contributed by atoms with van der Waals surface area (Å²) >= 11 is 0. The van der Waals surface area contributed by atoms with Gasteiger partial charge in [-0.3, -0.25) is 0 Å². The zero-order valence-electron chi connectivity index (χ0n) is 10.9. The van der Waals surface area contributed by atoms with Crippen LogP contribution in [0.1, 0.15) is 24.9 Å². The summed E-state index contributed by atoms with van der Waals surface area (Å²) in [6, 6.07) is 7.79. The lowest BCUT2D eigenvalue weighted by atomic mass is 10.1. The molecule has 102 valence electrons. The molecule has 1 N–H and O–H groups in total. The van der Waals surface area contributed by atoms with Crippen LogP contribution in [0.25, 0.3) is 0 Å². The van der Waals surface area contributed by atoms with Crippen molar-refractivity contribution in [2.24, 2.45) is 0 Å². The summed E-state index contributed by atoms with van der Waals surface area (Å²) in [6.45, 7) is 2.01. The summed E-state index contributed by atoms with van der Waals surface area (Å²) < 4.78 is 36.3. The lowest BCUT2D eigenvalue weighted by Gasteiger charge is -2.21. The number of nitrogens with zero attached hydrogens (tertiary/aromatic N) is 1. The van der Waals surface area contributed by atoms with Gasteiger partial charge in [-0.15, -0.1) is 0 Å². The van der Waals surface area contributed by atoms with Crippen molar-refractivity contribution < 1.29 is 13.2 Å². The van der Waals surface area contributed by atoms with E-state index in [9.17, 15) is 13.2 Å².